The first-order valence-electron chi connectivity index (χ1n) is 33.6. The summed E-state index contributed by atoms with van der Waals surface area (Å²) in [4.78, 5) is 187. The Morgan fingerprint density at radius 3 is 0.480 bits per heavy atom. The molecule has 0 aromatic rings. The number of nitrogens with zero attached hydrogens (tertiary/aromatic N) is 7. The lowest BCUT2D eigenvalue weighted by Gasteiger charge is -2.24. The molecule has 0 radical (unpaired) electrons. The Balaban J connectivity index is 5.89. The van der Waals surface area contributed by atoms with Gasteiger partial charge in [-0.15, -0.1) is 6.42 Å². The van der Waals surface area contributed by atoms with Crippen molar-refractivity contribution < 1.29 is 105 Å². The van der Waals surface area contributed by atoms with Gasteiger partial charge in [0.1, 0.15) is 0 Å². The van der Waals surface area contributed by atoms with Crippen LogP contribution in [0.2, 0.25) is 0 Å². The van der Waals surface area contributed by atoms with E-state index in [0.717, 1.165) is 0 Å². The highest BCUT2D eigenvalue weighted by molar-refractivity contribution is 5.79. The van der Waals surface area contributed by atoms with Crippen LogP contribution in [-0.2, 0) is 105 Å². The largest absolute Gasteiger partial charge is 0.469 e. The average molecular weight is 1430 g/mol. The molecular weight excluding hydrogens is 1310 g/mol. The number of amides is 6. The van der Waals surface area contributed by atoms with E-state index in [1.807, 2.05) is 29.4 Å². The van der Waals surface area contributed by atoms with Gasteiger partial charge in [-0.1, -0.05) is 5.92 Å². The smallest absolute Gasteiger partial charge is 0.306 e. The molecule has 0 spiro atoms. The number of ether oxygens (including phenoxy) is 8. The number of carbonyl (C=O) groups is 14. The lowest BCUT2D eigenvalue weighted by atomic mass is 10.2. The molecule has 0 bridgehead atoms. The topological polar surface area (TPSA) is 408 Å². The summed E-state index contributed by atoms with van der Waals surface area (Å²) in [5, 5.41) is 17.2. The standard InChI is InChI=1S/C65H113N13O22/c1-10-31-72(32-11-52(79)66-25-46-73(34-13-54(81)68-27-48-75(38-17-58(85)93-2)39-18-59(86)94-3)35-14-55(82)69-28-49-76(40-19-60(87)95-4)41-20-61(88)96-5)33-12-53(80)67-26-47-74(36-15-56(83)70-29-50-77(42-21-62(89)97-6)43-22-63(90)98-7)37-16-57(84)71-30-51-78(44-23-64(91)99-8)45-24-65(92)100-9/h1H,11-51H2,2-9H3,(H,66,79)(H,67,80)(H,68,81)(H,69,82)(H,70,83)(H,71,84). The van der Waals surface area contributed by atoms with E-state index in [2.05, 4.69) is 37.8 Å². The molecule has 0 aromatic carbocycles. The van der Waals surface area contributed by atoms with Crippen molar-refractivity contribution >= 4 is 83.2 Å². The van der Waals surface area contributed by atoms with E-state index in [9.17, 15) is 67.1 Å². The Kier molecular flexibility index (Phi) is 54.8. The lowest BCUT2D eigenvalue weighted by molar-refractivity contribution is -0.142. The van der Waals surface area contributed by atoms with Crippen LogP contribution >= 0.6 is 0 Å². The van der Waals surface area contributed by atoms with Crippen molar-refractivity contribution in [2.45, 2.75) is 89.9 Å². The van der Waals surface area contributed by atoms with Gasteiger partial charge in [-0.25, -0.2) is 0 Å². The number of methoxy groups -OCH3 is 8. The second-order valence-electron chi connectivity index (χ2n) is 22.7. The molecule has 0 aliphatic rings. The number of rotatable bonds is 61. The van der Waals surface area contributed by atoms with E-state index < -0.39 is 47.8 Å². The minimum absolute atomic E-state index is 0.0167. The first kappa shape index (κ1) is 91.9. The minimum Gasteiger partial charge on any atom is -0.469 e. The monoisotopic (exact) mass is 1430 g/mol. The van der Waals surface area contributed by atoms with Crippen LogP contribution in [0.1, 0.15) is 89.9 Å². The molecular formula is C65H113N13O22. The van der Waals surface area contributed by atoms with Crippen molar-refractivity contribution in [2.75, 3.05) is 234 Å². The van der Waals surface area contributed by atoms with Crippen LogP contribution in [0.5, 0.6) is 0 Å². The molecule has 0 atom stereocenters. The number of esters is 8. The highest BCUT2D eigenvalue weighted by atomic mass is 16.5. The van der Waals surface area contributed by atoms with Gasteiger partial charge in [-0.2, -0.15) is 0 Å². The molecule has 35 heteroatoms. The van der Waals surface area contributed by atoms with Crippen molar-refractivity contribution in [3.63, 3.8) is 0 Å². The van der Waals surface area contributed by atoms with Crippen molar-refractivity contribution in [3.05, 3.63) is 0 Å². The van der Waals surface area contributed by atoms with E-state index >= 15 is 0 Å². The van der Waals surface area contributed by atoms with Gasteiger partial charge in [0.15, 0.2) is 0 Å². The molecule has 0 aliphatic heterocycles. The molecule has 100 heavy (non-hydrogen) atoms. The Morgan fingerprint density at radius 1 is 0.220 bits per heavy atom. The van der Waals surface area contributed by atoms with Crippen molar-refractivity contribution in [2.24, 2.45) is 0 Å². The highest BCUT2D eigenvalue weighted by Crippen LogP contribution is 2.05. The molecule has 0 unspecified atom stereocenters. The molecule has 35 nitrogen and oxygen atoms in total. The van der Waals surface area contributed by atoms with Gasteiger partial charge in [0, 0.05) is 209 Å². The van der Waals surface area contributed by atoms with E-state index in [1.165, 1.54) is 56.9 Å². The van der Waals surface area contributed by atoms with Crippen LogP contribution in [0.15, 0.2) is 0 Å². The molecule has 6 N–H and O–H groups in total. The van der Waals surface area contributed by atoms with Crippen molar-refractivity contribution in [3.8, 4) is 12.3 Å². The molecule has 0 aromatic heterocycles. The van der Waals surface area contributed by atoms with E-state index in [1.54, 1.807) is 4.90 Å². The van der Waals surface area contributed by atoms with Gasteiger partial charge in [-0.3, -0.25) is 72.0 Å². The molecule has 570 valence electrons. The molecule has 0 saturated carbocycles. The number of nitrogens with one attached hydrogen (secondary N) is 6. The first-order chi connectivity index (χ1) is 48.0. The predicted octanol–water partition coefficient (Wildman–Crippen LogP) is -3.72. The number of carbonyl (C=O) groups excluding carboxylic acids is 14. The van der Waals surface area contributed by atoms with Gasteiger partial charge in [-0.05, 0) is 0 Å². The second kappa shape index (κ2) is 59.7. The van der Waals surface area contributed by atoms with Gasteiger partial charge < -0.3 is 99.2 Å². The summed E-state index contributed by atoms with van der Waals surface area (Å²) in [7, 11) is 10.2. The second-order valence-corrected chi connectivity index (χ2v) is 22.7. The fourth-order valence-electron chi connectivity index (χ4n) is 9.43. The summed E-state index contributed by atoms with van der Waals surface area (Å²) < 4.78 is 38.0. The SMILES string of the molecule is C#CCN(CCC(=O)NCCN(CCC(=O)NCCN(CCC(=O)OC)CCC(=O)OC)CCC(=O)NCCN(CCC(=O)OC)CCC(=O)OC)CCC(=O)NCCN(CCC(=O)NCCN(CCC(=O)OC)CCC(=O)OC)CCC(=O)NCCN(CCC(=O)OC)CCC(=O)OC. The fourth-order valence-corrected chi connectivity index (χ4v) is 9.43. The van der Waals surface area contributed by atoms with E-state index in [4.69, 9.17) is 44.3 Å². The van der Waals surface area contributed by atoms with Crippen LogP contribution in [-0.4, -0.2) is 351 Å². The van der Waals surface area contributed by atoms with Gasteiger partial charge in [0.05, 0.1) is 115 Å². The summed E-state index contributed by atoms with van der Waals surface area (Å²) in [5.41, 5.74) is 0. The molecule has 0 rings (SSSR count). The lowest BCUT2D eigenvalue weighted by Crippen LogP contribution is -2.42. The average Bonchev–Trinajstić information content (AvgIpc) is 3.20. The third kappa shape index (κ3) is 52.0. The molecule has 0 aliphatic carbocycles. The maximum absolute atomic E-state index is 13.3. The van der Waals surface area contributed by atoms with Crippen LogP contribution < -0.4 is 31.9 Å². The maximum Gasteiger partial charge on any atom is 0.306 e. The fraction of sp³-hybridized carbons (Fsp3) is 0.754. The quantitative estimate of drug-likeness (QED) is 0.0194. The van der Waals surface area contributed by atoms with Crippen LogP contribution in [0, 0.1) is 12.3 Å². The molecule has 0 fully saturated rings. The summed E-state index contributed by atoms with van der Waals surface area (Å²) in [6.07, 6.45) is 6.43. The van der Waals surface area contributed by atoms with Crippen LogP contribution in [0.4, 0.5) is 0 Å². The van der Waals surface area contributed by atoms with Gasteiger partial charge in [0.25, 0.3) is 0 Å². The third-order valence-electron chi connectivity index (χ3n) is 15.6. The third-order valence-corrected chi connectivity index (χ3v) is 15.6. The Bertz CT molecular complexity index is 2140. The van der Waals surface area contributed by atoms with Crippen molar-refractivity contribution in [1.82, 2.24) is 66.2 Å². The molecule has 0 saturated heterocycles. The van der Waals surface area contributed by atoms with E-state index in [-0.39, 0.29) is 276 Å². The highest BCUT2D eigenvalue weighted by Gasteiger charge is 2.20. The van der Waals surface area contributed by atoms with E-state index in [0.29, 0.717) is 26.2 Å². The number of hydrogen-bond acceptors (Lipinski definition) is 29. The summed E-state index contributed by atoms with van der Waals surface area (Å²) in [5.74, 6) is -2.72. The molecule has 6 amide bonds. The van der Waals surface area contributed by atoms with Crippen LogP contribution in [0.25, 0.3) is 0 Å². The number of terminal acetylenes is 1. The maximum atomic E-state index is 13.3. The zero-order valence-corrected chi connectivity index (χ0v) is 60.2. The first-order valence-corrected chi connectivity index (χ1v) is 33.6. The summed E-state index contributed by atoms with van der Waals surface area (Å²) in [6.45, 7) is 6.53. The zero-order valence-electron chi connectivity index (χ0n) is 60.2. The zero-order chi connectivity index (χ0) is 74.7. The van der Waals surface area contributed by atoms with Gasteiger partial charge in [0.2, 0.25) is 35.4 Å². The summed E-state index contributed by atoms with van der Waals surface area (Å²) in [6, 6.07) is 0. The van der Waals surface area contributed by atoms with Crippen molar-refractivity contribution in [1.29, 1.82) is 0 Å². The minimum atomic E-state index is -0.429. The molecule has 0 heterocycles. The normalized spacial score (nSPS) is 11.0. The Hall–Kier alpha value is -8.14. The Morgan fingerprint density at radius 2 is 0.350 bits per heavy atom. The predicted molar refractivity (Wildman–Crippen MR) is 363 cm³/mol. The summed E-state index contributed by atoms with van der Waals surface area (Å²) >= 11 is 0. The van der Waals surface area contributed by atoms with Gasteiger partial charge >= 0.3 is 47.8 Å². The van der Waals surface area contributed by atoms with Crippen LogP contribution in [0.3, 0.4) is 0 Å². The number of hydrogen-bond donors (Lipinski definition) is 6. The Labute approximate surface area is 588 Å².